The Hall–Kier alpha value is -2.93. The lowest BCUT2D eigenvalue weighted by Crippen LogP contribution is -2.25. The molecule has 2 atom stereocenters. The normalized spacial score (nSPS) is 17.8. The molecule has 2 aromatic carbocycles. The predicted octanol–water partition coefficient (Wildman–Crippen LogP) is 4.06. The van der Waals surface area contributed by atoms with Gasteiger partial charge in [-0.3, -0.25) is 9.48 Å². The standard InChI is InChI=1S/C22H22N4O2S/c1-12(16-9-21(27)23-10-16)28-20-8-15(7-18-22(20)29-13(2)25-18)14-4-5-19-17(6-14)11-24-26(19)3/h4-8,11-12,16H,9-10H2,1-3H3,(H,23,27). The first-order chi connectivity index (χ1) is 14.0. The Morgan fingerprint density at radius 1 is 1.28 bits per heavy atom. The van der Waals surface area contributed by atoms with Crippen molar-refractivity contribution in [1.82, 2.24) is 20.1 Å². The lowest BCUT2D eigenvalue weighted by atomic mass is 10.0. The number of aryl methyl sites for hydroxylation is 2. The molecule has 2 aromatic heterocycles. The van der Waals surface area contributed by atoms with E-state index in [9.17, 15) is 4.79 Å². The zero-order valence-electron chi connectivity index (χ0n) is 16.6. The molecule has 1 saturated heterocycles. The van der Waals surface area contributed by atoms with Crippen LogP contribution in [0.15, 0.2) is 36.5 Å². The van der Waals surface area contributed by atoms with Gasteiger partial charge in [0, 0.05) is 31.3 Å². The third-order valence-electron chi connectivity index (χ3n) is 5.63. The van der Waals surface area contributed by atoms with Crippen molar-refractivity contribution in [2.45, 2.75) is 26.4 Å². The summed E-state index contributed by atoms with van der Waals surface area (Å²) in [4.78, 5) is 16.3. The molecule has 1 amide bonds. The van der Waals surface area contributed by atoms with Crippen LogP contribution in [0.2, 0.25) is 0 Å². The molecule has 2 unspecified atom stereocenters. The molecule has 1 aliphatic rings. The fourth-order valence-electron chi connectivity index (χ4n) is 3.97. The number of rotatable bonds is 4. The monoisotopic (exact) mass is 406 g/mol. The van der Waals surface area contributed by atoms with E-state index in [1.807, 2.05) is 31.8 Å². The second kappa shape index (κ2) is 6.84. The highest BCUT2D eigenvalue weighted by Gasteiger charge is 2.28. The van der Waals surface area contributed by atoms with E-state index in [2.05, 4.69) is 40.7 Å². The topological polar surface area (TPSA) is 69.0 Å². The average Bonchev–Trinajstić information content (AvgIpc) is 3.39. The van der Waals surface area contributed by atoms with Gasteiger partial charge in [-0.1, -0.05) is 6.07 Å². The second-order valence-corrected chi connectivity index (χ2v) is 8.89. The number of thiazole rings is 1. The minimum Gasteiger partial charge on any atom is -0.489 e. The summed E-state index contributed by atoms with van der Waals surface area (Å²) < 4.78 is 9.32. The van der Waals surface area contributed by atoms with Gasteiger partial charge in [0.15, 0.2) is 0 Å². The number of hydrogen-bond acceptors (Lipinski definition) is 5. The van der Waals surface area contributed by atoms with Crippen molar-refractivity contribution >= 4 is 38.4 Å². The number of aromatic nitrogens is 3. The SMILES string of the molecule is Cc1nc2cc(-c3ccc4c(cnn4C)c3)cc(OC(C)C3CNC(=O)C3)c2s1. The van der Waals surface area contributed by atoms with Gasteiger partial charge >= 0.3 is 0 Å². The summed E-state index contributed by atoms with van der Waals surface area (Å²) >= 11 is 1.64. The summed E-state index contributed by atoms with van der Waals surface area (Å²) in [5.41, 5.74) is 4.21. The number of nitrogens with one attached hydrogen (secondary N) is 1. The molecule has 1 aliphatic heterocycles. The summed E-state index contributed by atoms with van der Waals surface area (Å²) in [5, 5.41) is 9.35. The first kappa shape index (κ1) is 18.1. The minimum absolute atomic E-state index is 0.0596. The highest BCUT2D eigenvalue weighted by atomic mass is 32.1. The quantitative estimate of drug-likeness (QED) is 0.555. The van der Waals surface area contributed by atoms with Crippen molar-refractivity contribution in [3.63, 3.8) is 0 Å². The van der Waals surface area contributed by atoms with E-state index in [1.54, 1.807) is 11.3 Å². The van der Waals surface area contributed by atoms with E-state index in [0.717, 1.165) is 43.0 Å². The maximum atomic E-state index is 11.6. The Kier molecular flexibility index (Phi) is 4.28. The van der Waals surface area contributed by atoms with E-state index in [1.165, 1.54) is 0 Å². The Morgan fingerprint density at radius 2 is 2.14 bits per heavy atom. The van der Waals surface area contributed by atoms with E-state index in [-0.39, 0.29) is 17.9 Å². The first-order valence-electron chi connectivity index (χ1n) is 9.74. The molecule has 5 rings (SSSR count). The van der Waals surface area contributed by atoms with Crippen LogP contribution in [0.25, 0.3) is 32.2 Å². The minimum atomic E-state index is -0.0596. The van der Waals surface area contributed by atoms with Gasteiger partial charge in [0.05, 0.1) is 26.9 Å². The van der Waals surface area contributed by atoms with Crippen molar-refractivity contribution in [2.75, 3.05) is 6.54 Å². The van der Waals surface area contributed by atoms with Gasteiger partial charge in [-0.05, 0) is 49.2 Å². The van der Waals surface area contributed by atoms with Crippen molar-refractivity contribution in [3.05, 3.63) is 41.5 Å². The van der Waals surface area contributed by atoms with Crippen LogP contribution in [0.1, 0.15) is 18.4 Å². The molecule has 7 heteroatoms. The lowest BCUT2D eigenvalue weighted by Gasteiger charge is -2.20. The second-order valence-electron chi connectivity index (χ2n) is 7.69. The highest BCUT2D eigenvalue weighted by Crippen LogP contribution is 2.38. The van der Waals surface area contributed by atoms with Crippen LogP contribution in [0, 0.1) is 12.8 Å². The largest absolute Gasteiger partial charge is 0.489 e. The fraction of sp³-hybridized carbons (Fsp3) is 0.318. The Labute approximate surface area is 172 Å². The van der Waals surface area contributed by atoms with E-state index in [4.69, 9.17) is 9.72 Å². The molecule has 1 N–H and O–H groups in total. The third-order valence-corrected chi connectivity index (χ3v) is 6.63. The smallest absolute Gasteiger partial charge is 0.220 e. The number of benzene rings is 2. The van der Waals surface area contributed by atoms with Gasteiger partial charge < -0.3 is 10.1 Å². The summed E-state index contributed by atoms with van der Waals surface area (Å²) in [6, 6.07) is 10.6. The molecule has 3 heterocycles. The van der Waals surface area contributed by atoms with Gasteiger partial charge in [-0.2, -0.15) is 5.10 Å². The molecule has 29 heavy (non-hydrogen) atoms. The number of fused-ring (bicyclic) bond motifs is 2. The van der Waals surface area contributed by atoms with Gasteiger partial charge in [-0.15, -0.1) is 11.3 Å². The maximum Gasteiger partial charge on any atom is 0.220 e. The van der Waals surface area contributed by atoms with Gasteiger partial charge in [-0.25, -0.2) is 4.98 Å². The average molecular weight is 407 g/mol. The number of amides is 1. The Balaban J connectivity index is 1.56. The van der Waals surface area contributed by atoms with E-state index < -0.39 is 0 Å². The number of ether oxygens (including phenoxy) is 1. The van der Waals surface area contributed by atoms with Crippen LogP contribution >= 0.6 is 11.3 Å². The summed E-state index contributed by atoms with van der Waals surface area (Å²) in [7, 11) is 1.95. The number of nitrogens with zero attached hydrogens (tertiary/aromatic N) is 3. The van der Waals surface area contributed by atoms with Crippen molar-refractivity contribution in [1.29, 1.82) is 0 Å². The van der Waals surface area contributed by atoms with Crippen molar-refractivity contribution in [3.8, 4) is 16.9 Å². The molecule has 0 spiro atoms. The van der Waals surface area contributed by atoms with Gasteiger partial charge in [0.2, 0.25) is 5.91 Å². The van der Waals surface area contributed by atoms with Gasteiger partial charge in [0.1, 0.15) is 11.9 Å². The Morgan fingerprint density at radius 3 is 2.93 bits per heavy atom. The molecule has 1 fully saturated rings. The maximum absolute atomic E-state index is 11.6. The summed E-state index contributed by atoms with van der Waals surface area (Å²) in [6.07, 6.45) is 2.34. The molecule has 0 aliphatic carbocycles. The van der Waals surface area contributed by atoms with Crippen molar-refractivity contribution < 1.29 is 9.53 Å². The molecule has 6 nitrogen and oxygen atoms in total. The molecular weight excluding hydrogens is 384 g/mol. The molecular formula is C22H22N4O2S. The van der Waals surface area contributed by atoms with Gasteiger partial charge in [0.25, 0.3) is 0 Å². The predicted molar refractivity (Wildman–Crippen MR) is 115 cm³/mol. The molecule has 0 saturated carbocycles. The fourth-order valence-corrected chi connectivity index (χ4v) is 4.82. The van der Waals surface area contributed by atoms with Crippen LogP contribution in [-0.4, -0.2) is 33.3 Å². The van der Waals surface area contributed by atoms with Crippen LogP contribution < -0.4 is 10.1 Å². The Bertz CT molecular complexity index is 1240. The number of carbonyl (C=O) groups is 1. The zero-order valence-corrected chi connectivity index (χ0v) is 17.4. The molecule has 148 valence electrons. The summed E-state index contributed by atoms with van der Waals surface area (Å²) in [5.74, 6) is 1.12. The molecule has 0 bridgehead atoms. The van der Waals surface area contributed by atoms with Crippen LogP contribution in [0.3, 0.4) is 0 Å². The highest BCUT2D eigenvalue weighted by molar-refractivity contribution is 7.18. The van der Waals surface area contributed by atoms with E-state index in [0.29, 0.717) is 13.0 Å². The first-order valence-corrected chi connectivity index (χ1v) is 10.6. The lowest BCUT2D eigenvalue weighted by molar-refractivity contribution is -0.119. The van der Waals surface area contributed by atoms with Crippen LogP contribution in [0.5, 0.6) is 5.75 Å². The number of carbonyl (C=O) groups excluding carboxylic acids is 1. The van der Waals surface area contributed by atoms with Crippen LogP contribution in [0.4, 0.5) is 0 Å². The van der Waals surface area contributed by atoms with E-state index >= 15 is 0 Å². The molecule has 0 radical (unpaired) electrons. The zero-order chi connectivity index (χ0) is 20.1. The summed E-state index contributed by atoms with van der Waals surface area (Å²) in [6.45, 7) is 4.72. The van der Waals surface area contributed by atoms with Crippen molar-refractivity contribution in [2.24, 2.45) is 13.0 Å². The third kappa shape index (κ3) is 3.25. The van der Waals surface area contributed by atoms with Crippen LogP contribution in [-0.2, 0) is 11.8 Å². The molecule has 4 aromatic rings. The number of hydrogen-bond donors (Lipinski definition) is 1.